The number of carbonyl (C=O) groups excluding carboxylic acids is 1. The van der Waals surface area contributed by atoms with Crippen LogP contribution in [0.15, 0.2) is 11.0 Å². The molecule has 0 aromatic carbocycles. The van der Waals surface area contributed by atoms with Gasteiger partial charge in [0.2, 0.25) is 0 Å². The quantitative estimate of drug-likeness (QED) is 0.823. The van der Waals surface area contributed by atoms with E-state index in [1.165, 1.54) is 6.20 Å². The topological polar surface area (TPSA) is 99.2 Å². The predicted octanol–water partition coefficient (Wildman–Crippen LogP) is 0.638. The first-order valence-electron chi connectivity index (χ1n) is 9.56. The van der Waals surface area contributed by atoms with Gasteiger partial charge in [0, 0.05) is 32.2 Å². The van der Waals surface area contributed by atoms with E-state index in [2.05, 4.69) is 39.4 Å². The average Bonchev–Trinajstić information content (AvgIpc) is 2.96. The third-order valence-corrected chi connectivity index (χ3v) is 5.93. The third kappa shape index (κ3) is 3.43. The number of carbonyl (C=O) groups is 1. The van der Waals surface area contributed by atoms with E-state index in [9.17, 15) is 9.59 Å². The van der Waals surface area contributed by atoms with E-state index in [0.717, 1.165) is 25.7 Å². The molecule has 27 heavy (non-hydrogen) atoms. The lowest BCUT2D eigenvalue weighted by molar-refractivity contribution is 0.138. The molecule has 2 aromatic heterocycles. The van der Waals surface area contributed by atoms with Gasteiger partial charge in [-0.2, -0.15) is 5.10 Å². The highest BCUT2D eigenvalue weighted by Crippen LogP contribution is 2.26. The molecule has 2 amide bonds. The molecule has 4 rings (SSSR count). The second-order valence-corrected chi connectivity index (χ2v) is 7.98. The second kappa shape index (κ2) is 6.95. The first-order valence-corrected chi connectivity index (χ1v) is 9.56. The smallest absolute Gasteiger partial charge is 0.317 e. The highest BCUT2D eigenvalue weighted by atomic mass is 16.2. The maximum absolute atomic E-state index is 12.5. The van der Waals surface area contributed by atoms with E-state index >= 15 is 0 Å². The van der Waals surface area contributed by atoms with E-state index < -0.39 is 0 Å². The summed E-state index contributed by atoms with van der Waals surface area (Å²) in [4.78, 5) is 36.1. The molecule has 0 radical (unpaired) electrons. The number of H-pyrrole nitrogens is 1. The monoisotopic (exact) mass is 373 g/mol. The van der Waals surface area contributed by atoms with Crippen LogP contribution in [0, 0.1) is 0 Å². The Hall–Kier alpha value is -2.42. The van der Waals surface area contributed by atoms with Gasteiger partial charge in [-0.15, -0.1) is 0 Å². The van der Waals surface area contributed by atoms with Gasteiger partial charge in [-0.3, -0.25) is 9.48 Å². The average molecular weight is 373 g/mol. The van der Waals surface area contributed by atoms with Gasteiger partial charge in [0.1, 0.15) is 11.2 Å². The van der Waals surface area contributed by atoms with Crippen molar-refractivity contribution >= 4 is 17.1 Å². The third-order valence-electron chi connectivity index (χ3n) is 5.93. The van der Waals surface area contributed by atoms with Gasteiger partial charge < -0.3 is 20.1 Å². The molecule has 2 N–H and O–H groups in total. The molecule has 0 spiro atoms. The fourth-order valence-corrected chi connectivity index (χ4v) is 4.06. The summed E-state index contributed by atoms with van der Waals surface area (Å²) in [5.41, 5.74) is 0.401. The lowest BCUT2D eigenvalue weighted by atomic mass is 9.90. The highest BCUT2D eigenvalue weighted by molar-refractivity contribution is 5.76. The Morgan fingerprint density at radius 1 is 1.26 bits per heavy atom. The predicted molar refractivity (Wildman–Crippen MR) is 102 cm³/mol. The minimum absolute atomic E-state index is 0.0106. The minimum Gasteiger partial charge on any atom is -0.335 e. The van der Waals surface area contributed by atoms with Crippen LogP contribution in [0.4, 0.5) is 4.79 Å². The van der Waals surface area contributed by atoms with Crippen LogP contribution in [0.5, 0.6) is 0 Å². The Morgan fingerprint density at radius 2 is 1.96 bits per heavy atom. The molecule has 1 aliphatic heterocycles. The van der Waals surface area contributed by atoms with Crippen LogP contribution < -0.4 is 10.9 Å². The van der Waals surface area contributed by atoms with Crippen LogP contribution in [0.2, 0.25) is 0 Å². The van der Waals surface area contributed by atoms with Crippen molar-refractivity contribution in [1.82, 2.24) is 34.9 Å². The Morgan fingerprint density at radius 3 is 2.63 bits per heavy atom. The van der Waals surface area contributed by atoms with Crippen molar-refractivity contribution in [3.63, 3.8) is 0 Å². The van der Waals surface area contributed by atoms with Gasteiger partial charge in [0.25, 0.3) is 5.56 Å². The lowest BCUT2D eigenvalue weighted by Crippen LogP contribution is -2.55. The van der Waals surface area contributed by atoms with E-state index in [1.54, 1.807) is 16.6 Å². The fraction of sp³-hybridized carbons (Fsp3) is 0.667. The van der Waals surface area contributed by atoms with Gasteiger partial charge in [-0.05, 0) is 39.8 Å². The first-order chi connectivity index (χ1) is 12.9. The van der Waals surface area contributed by atoms with Gasteiger partial charge in [0.05, 0.1) is 12.1 Å². The summed E-state index contributed by atoms with van der Waals surface area (Å²) in [6, 6.07) is 0.872. The number of aromatic amines is 1. The number of urea groups is 1. The summed E-state index contributed by atoms with van der Waals surface area (Å²) < 4.78 is 1.60. The van der Waals surface area contributed by atoms with Gasteiger partial charge in [-0.1, -0.05) is 0 Å². The largest absolute Gasteiger partial charge is 0.335 e. The molecular weight excluding hydrogens is 346 g/mol. The molecule has 1 aliphatic carbocycles. The maximum Gasteiger partial charge on any atom is 0.317 e. The normalized spacial score (nSPS) is 23.6. The molecule has 0 bridgehead atoms. The summed E-state index contributed by atoms with van der Waals surface area (Å²) in [5, 5.41) is 7.73. The number of fused-ring (bicyclic) bond motifs is 1. The summed E-state index contributed by atoms with van der Waals surface area (Å²) >= 11 is 0. The Bertz CT molecular complexity index is 889. The maximum atomic E-state index is 12.5. The van der Waals surface area contributed by atoms with E-state index in [0.29, 0.717) is 36.0 Å². The summed E-state index contributed by atoms with van der Waals surface area (Å²) in [6.45, 7) is 1.15. The molecule has 0 atom stereocenters. The van der Waals surface area contributed by atoms with Crippen molar-refractivity contribution < 1.29 is 4.79 Å². The van der Waals surface area contributed by atoms with Gasteiger partial charge in [-0.25, -0.2) is 9.78 Å². The molecule has 2 fully saturated rings. The Balaban J connectivity index is 1.32. The highest BCUT2D eigenvalue weighted by Gasteiger charge is 2.35. The number of hydrogen-bond donors (Lipinski definition) is 2. The molecule has 9 nitrogen and oxygen atoms in total. The minimum atomic E-state index is -0.177. The number of amides is 2. The molecular formula is C18H27N7O2. The molecule has 146 valence electrons. The SMILES string of the molecule is CN(C)C1CCC(NC(=O)N2CC(c3nc4c(cnn4C)c(=O)[nH]3)C2)CC1. The van der Waals surface area contributed by atoms with Crippen molar-refractivity contribution in [2.75, 3.05) is 27.2 Å². The van der Waals surface area contributed by atoms with Crippen LogP contribution in [-0.2, 0) is 7.05 Å². The number of rotatable bonds is 3. The Labute approximate surface area is 157 Å². The molecule has 2 aliphatic rings. The molecule has 1 saturated carbocycles. The van der Waals surface area contributed by atoms with Crippen LogP contribution in [0.1, 0.15) is 37.4 Å². The van der Waals surface area contributed by atoms with E-state index in [-0.39, 0.29) is 23.6 Å². The van der Waals surface area contributed by atoms with Crippen LogP contribution in [0.3, 0.4) is 0 Å². The van der Waals surface area contributed by atoms with Crippen LogP contribution in [-0.4, -0.2) is 74.8 Å². The first kappa shape index (κ1) is 18.0. The lowest BCUT2D eigenvalue weighted by Gasteiger charge is -2.40. The molecule has 9 heteroatoms. The molecule has 0 unspecified atom stereocenters. The zero-order valence-corrected chi connectivity index (χ0v) is 16.1. The molecule has 2 aromatic rings. The van der Waals surface area contributed by atoms with Crippen molar-refractivity contribution in [3.8, 4) is 0 Å². The van der Waals surface area contributed by atoms with Gasteiger partial charge in [0.15, 0.2) is 5.65 Å². The van der Waals surface area contributed by atoms with Crippen molar-refractivity contribution in [2.45, 2.75) is 43.7 Å². The number of nitrogens with one attached hydrogen (secondary N) is 2. The van der Waals surface area contributed by atoms with E-state index in [4.69, 9.17) is 0 Å². The number of likely N-dealkylation sites (tertiary alicyclic amines) is 1. The van der Waals surface area contributed by atoms with Crippen molar-refractivity contribution in [1.29, 1.82) is 0 Å². The van der Waals surface area contributed by atoms with Crippen molar-refractivity contribution in [2.24, 2.45) is 7.05 Å². The zero-order valence-electron chi connectivity index (χ0n) is 16.1. The fourth-order valence-electron chi connectivity index (χ4n) is 4.06. The standard InChI is InChI=1S/C18H27N7O2/c1-23(2)13-6-4-12(5-7-13)20-18(27)25-9-11(10-25)15-21-16-14(17(26)22-15)8-19-24(16)3/h8,11-13H,4-7,9-10H2,1-3H3,(H,20,27)(H,21,22,26). The molecule has 1 saturated heterocycles. The van der Waals surface area contributed by atoms with Crippen LogP contribution >= 0.6 is 0 Å². The summed E-state index contributed by atoms with van der Waals surface area (Å²) in [6.07, 6.45) is 5.82. The Kier molecular flexibility index (Phi) is 4.63. The summed E-state index contributed by atoms with van der Waals surface area (Å²) in [5.74, 6) is 0.693. The number of hydrogen-bond acceptors (Lipinski definition) is 5. The van der Waals surface area contributed by atoms with Crippen molar-refractivity contribution in [3.05, 3.63) is 22.4 Å². The van der Waals surface area contributed by atoms with E-state index in [1.807, 2.05) is 0 Å². The number of nitrogens with zero attached hydrogens (tertiary/aromatic N) is 5. The number of aromatic nitrogens is 4. The zero-order chi connectivity index (χ0) is 19.1. The number of aryl methyl sites for hydroxylation is 1. The van der Waals surface area contributed by atoms with Crippen LogP contribution in [0.25, 0.3) is 11.0 Å². The molecule has 3 heterocycles. The second-order valence-electron chi connectivity index (χ2n) is 7.98. The summed E-state index contributed by atoms with van der Waals surface area (Å²) in [7, 11) is 6.00. The van der Waals surface area contributed by atoms with Gasteiger partial charge >= 0.3 is 6.03 Å².